The van der Waals surface area contributed by atoms with Crippen LogP contribution in [0.25, 0.3) is 10.9 Å². The highest BCUT2D eigenvalue weighted by Gasteiger charge is 2.69. The van der Waals surface area contributed by atoms with Crippen LogP contribution in [0.15, 0.2) is 24.3 Å². The van der Waals surface area contributed by atoms with Gasteiger partial charge in [0.25, 0.3) is 5.91 Å². The molecule has 3 amide bonds. The van der Waals surface area contributed by atoms with Crippen molar-refractivity contribution in [2.75, 3.05) is 26.7 Å². The molecule has 6 atom stereocenters. The van der Waals surface area contributed by atoms with Crippen LogP contribution in [0, 0.1) is 28.6 Å². The summed E-state index contributed by atoms with van der Waals surface area (Å²) in [6.45, 7) is 9.67. The van der Waals surface area contributed by atoms with E-state index in [2.05, 4.69) is 34.8 Å². The number of methoxy groups -OCH3 is 1. The molecule has 232 valence electrons. The summed E-state index contributed by atoms with van der Waals surface area (Å²) in [4.78, 5) is 70.0. The summed E-state index contributed by atoms with van der Waals surface area (Å²) in [5, 5.41) is 9.70. The maximum absolute atomic E-state index is 14.1. The number of hydrogen-bond acceptors (Lipinski definition) is 7. The third-order valence-electron chi connectivity index (χ3n) is 9.80. The fourth-order valence-electron chi connectivity index (χ4n) is 7.30. The van der Waals surface area contributed by atoms with E-state index in [0.29, 0.717) is 50.2 Å². The third-order valence-corrected chi connectivity index (χ3v) is 9.80. The number of amides is 3. The number of likely N-dealkylation sites (tertiary alicyclic amines) is 1. The monoisotopic (exact) mass is 593 g/mol. The molecule has 2 aromatic rings. The smallest absolute Gasteiger partial charge is 0.268 e. The number of piperidine rings is 1. The van der Waals surface area contributed by atoms with Crippen molar-refractivity contribution in [2.24, 2.45) is 28.6 Å². The van der Waals surface area contributed by atoms with Crippen LogP contribution in [0.2, 0.25) is 0 Å². The number of nitrogens with one attached hydrogen (secondary N) is 4. The van der Waals surface area contributed by atoms with Crippen LogP contribution in [0.4, 0.5) is 0 Å². The molecular weight excluding hydrogens is 550 g/mol. The molecule has 1 aromatic heterocycles. The lowest BCUT2D eigenvalue weighted by atomic mass is 9.82. The molecule has 3 aliphatic rings. The largest absolute Gasteiger partial charge is 0.496 e. The molecule has 2 aliphatic heterocycles. The van der Waals surface area contributed by atoms with Crippen molar-refractivity contribution in [3.05, 3.63) is 30.0 Å². The number of nitrogens with zero attached hydrogens (tertiary/aromatic N) is 1. The molecule has 0 spiro atoms. The summed E-state index contributed by atoms with van der Waals surface area (Å²) < 4.78 is 5.42. The predicted octanol–water partition coefficient (Wildman–Crippen LogP) is 2.06. The van der Waals surface area contributed by atoms with Gasteiger partial charge in [0.05, 0.1) is 13.2 Å². The lowest BCUT2D eigenvalue weighted by Crippen LogP contribution is -2.57. The lowest BCUT2D eigenvalue weighted by molar-refractivity contribution is -0.142. The molecular formula is C32H43N5O6. The van der Waals surface area contributed by atoms with Gasteiger partial charge in [-0.05, 0) is 67.2 Å². The SMILES string of the molecule is COc1cccc2[nH]c(C(=O)N[C@@H](CC(C)C)C(=O)N3C[C@H]4[C@@H]([C@H]3C(=O)N[C@H](C=O)C[C@]3(C=O)CCNC3)C4(C)C)cc12. The molecule has 11 heteroatoms. The van der Waals surface area contributed by atoms with E-state index in [4.69, 9.17) is 4.74 Å². The minimum atomic E-state index is -0.847. The first-order valence-corrected chi connectivity index (χ1v) is 15.1. The minimum absolute atomic E-state index is 0.0616. The molecule has 4 N–H and O–H groups in total. The number of ether oxygens (including phenoxy) is 1. The van der Waals surface area contributed by atoms with Gasteiger partial charge in [0.2, 0.25) is 11.8 Å². The number of aromatic amines is 1. The highest BCUT2D eigenvalue weighted by molar-refractivity contribution is 6.02. The molecule has 3 heterocycles. The number of carbonyl (C=O) groups excluding carboxylic acids is 5. The van der Waals surface area contributed by atoms with E-state index in [1.807, 2.05) is 32.0 Å². The van der Waals surface area contributed by atoms with Crippen LogP contribution in [-0.2, 0) is 19.2 Å². The van der Waals surface area contributed by atoms with E-state index in [-0.39, 0.29) is 35.5 Å². The minimum Gasteiger partial charge on any atom is -0.496 e. The zero-order chi connectivity index (χ0) is 31.1. The Bertz CT molecular complexity index is 1410. The number of benzene rings is 1. The van der Waals surface area contributed by atoms with Gasteiger partial charge < -0.3 is 40.2 Å². The van der Waals surface area contributed by atoms with Gasteiger partial charge in [0.15, 0.2) is 0 Å². The molecule has 1 aliphatic carbocycles. The van der Waals surface area contributed by atoms with Crippen LogP contribution < -0.4 is 20.7 Å². The third kappa shape index (κ3) is 5.79. The number of aldehydes is 2. The van der Waals surface area contributed by atoms with Crippen molar-refractivity contribution in [2.45, 2.75) is 65.1 Å². The quantitative estimate of drug-likeness (QED) is 0.275. The van der Waals surface area contributed by atoms with E-state index in [1.54, 1.807) is 18.1 Å². The lowest BCUT2D eigenvalue weighted by Gasteiger charge is -2.34. The number of rotatable bonds is 12. The Morgan fingerprint density at radius 3 is 2.58 bits per heavy atom. The molecule has 0 bridgehead atoms. The van der Waals surface area contributed by atoms with E-state index in [1.165, 1.54) is 0 Å². The number of hydrogen-bond donors (Lipinski definition) is 4. The maximum Gasteiger partial charge on any atom is 0.268 e. The second-order valence-corrected chi connectivity index (χ2v) is 13.5. The number of carbonyl (C=O) groups is 5. The fraction of sp³-hybridized carbons (Fsp3) is 0.594. The Hall–Kier alpha value is -3.73. The molecule has 0 unspecified atom stereocenters. The zero-order valence-electron chi connectivity index (χ0n) is 25.6. The van der Waals surface area contributed by atoms with E-state index in [0.717, 1.165) is 17.2 Å². The van der Waals surface area contributed by atoms with Gasteiger partial charge in [0.1, 0.15) is 36.1 Å². The first-order chi connectivity index (χ1) is 20.4. The summed E-state index contributed by atoms with van der Waals surface area (Å²) in [6, 6.07) is 4.73. The highest BCUT2D eigenvalue weighted by atomic mass is 16.5. The fourth-order valence-corrected chi connectivity index (χ4v) is 7.30. The van der Waals surface area contributed by atoms with Crippen LogP contribution in [0.5, 0.6) is 5.75 Å². The van der Waals surface area contributed by atoms with E-state index >= 15 is 0 Å². The average Bonchev–Trinajstić information content (AvgIpc) is 3.53. The van der Waals surface area contributed by atoms with Crippen molar-refractivity contribution < 1.29 is 28.7 Å². The van der Waals surface area contributed by atoms with Crippen LogP contribution in [0.3, 0.4) is 0 Å². The topological polar surface area (TPSA) is 150 Å². The normalized spacial score (nSPS) is 26.9. The predicted molar refractivity (Wildman–Crippen MR) is 160 cm³/mol. The second-order valence-electron chi connectivity index (χ2n) is 13.5. The average molecular weight is 594 g/mol. The zero-order valence-corrected chi connectivity index (χ0v) is 25.6. The standard InChI is InChI=1S/C32H43N5O6/c1-18(2)11-24(36-28(40)23-12-20-22(35-23)7-6-8-25(20)43-5)30(42)37-14-21-26(31(21,3)4)27(37)29(41)34-19(15-38)13-32(17-39)9-10-33-16-32/h6-8,12,15,17-19,21,24,26-27,33,35H,9-11,13-14,16H2,1-5H3,(H,34,41)(H,36,40)/t19-,21-,24-,26-,27-,32+/m0/s1. The number of H-pyrrole nitrogens is 1. The first kappa shape index (κ1) is 30.7. The summed E-state index contributed by atoms with van der Waals surface area (Å²) in [7, 11) is 1.57. The summed E-state index contributed by atoms with van der Waals surface area (Å²) in [6.07, 6.45) is 2.75. The van der Waals surface area contributed by atoms with Crippen LogP contribution >= 0.6 is 0 Å². The molecule has 1 saturated carbocycles. The Kier molecular flexibility index (Phi) is 8.39. The van der Waals surface area contributed by atoms with Crippen molar-refractivity contribution in [3.8, 4) is 5.75 Å². The second kappa shape index (κ2) is 11.7. The van der Waals surface area contributed by atoms with Crippen molar-refractivity contribution >= 4 is 41.2 Å². The highest BCUT2D eigenvalue weighted by Crippen LogP contribution is 2.65. The van der Waals surface area contributed by atoms with Gasteiger partial charge in [-0.1, -0.05) is 33.8 Å². The molecule has 2 saturated heterocycles. The molecule has 43 heavy (non-hydrogen) atoms. The van der Waals surface area contributed by atoms with Crippen LogP contribution in [0.1, 0.15) is 57.4 Å². The molecule has 11 nitrogen and oxygen atoms in total. The van der Waals surface area contributed by atoms with Crippen molar-refractivity contribution in [3.63, 3.8) is 0 Å². The molecule has 1 aromatic carbocycles. The van der Waals surface area contributed by atoms with Gasteiger partial charge in [-0.3, -0.25) is 14.4 Å². The first-order valence-electron chi connectivity index (χ1n) is 15.1. The summed E-state index contributed by atoms with van der Waals surface area (Å²) in [5.74, 6) is -0.330. The van der Waals surface area contributed by atoms with Crippen molar-refractivity contribution in [1.29, 1.82) is 0 Å². The Morgan fingerprint density at radius 2 is 1.95 bits per heavy atom. The Labute approximate surface area is 251 Å². The summed E-state index contributed by atoms with van der Waals surface area (Å²) in [5.41, 5.74) is 0.212. The van der Waals surface area contributed by atoms with Gasteiger partial charge in [-0.2, -0.15) is 0 Å². The maximum atomic E-state index is 14.1. The van der Waals surface area contributed by atoms with E-state index < -0.39 is 35.4 Å². The number of fused-ring (bicyclic) bond motifs is 2. The van der Waals surface area contributed by atoms with Gasteiger partial charge >= 0.3 is 0 Å². The Morgan fingerprint density at radius 1 is 1.19 bits per heavy atom. The molecule has 0 radical (unpaired) electrons. The van der Waals surface area contributed by atoms with Gasteiger partial charge in [0, 0.05) is 29.4 Å². The Balaban J connectivity index is 1.35. The summed E-state index contributed by atoms with van der Waals surface area (Å²) >= 11 is 0. The number of aromatic nitrogens is 1. The van der Waals surface area contributed by atoms with Gasteiger partial charge in [-0.25, -0.2) is 0 Å². The van der Waals surface area contributed by atoms with Crippen molar-refractivity contribution in [1.82, 2.24) is 25.8 Å². The van der Waals surface area contributed by atoms with Gasteiger partial charge in [-0.15, -0.1) is 0 Å². The molecule has 5 rings (SSSR count). The van der Waals surface area contributed by atoms with E-state index in [9.17, 15) is 24.0 Å². The van der Waals surface area contributed by atoms with Crippen LogP contribution in [-0.4, -0.2) is 85.0 Å². The molecule has 3 fully saturated rings.